The third-order valence-electron chi connectivity index (χ3n) is 3.01. The molecule has 4 nitrogen and oxygen atoms in total. The molecule has 0 aliphatic carbocycles. The number of hydrogen-bond donors (Lipinski definition) is 2. The van der Waals surface area contributed by atoms with Crippen molar-refractivity contribution in [3.05, 3.63) is 36.0 Å². The van der Waals surface area contributed by atoms with Crippen LogP contribution in [0.2, 0.25) is 0 Å². The minimum absolute atomic E-state index is 0.238. The zero-order valence-electron chi connectivity index (χ0n) is 11.9. The van der Waals surface area contributed by atoms with Crippen LogP contribution in [-0.2, 0) is 4.74 Å². The molecule has 0 unspecified atom stereocenters. The molecule has 0 saturated heterocycles. The van der Waals surface area contributed by atoms with E-state index in [1.54, 1.807) is 13.3 Å². The molecule has 3 N–H and O–H groups in total. The Hall–Kier alpha value is -1.72. The number of para-hydroxylation sites is 1. The maximum absolute atomic E-state index is 5.82. The molecule has 0 amide bonds. The van der Waals surface area contributed by atoms with Crippen molar-refractivity contribution in [3.63, 3.8) is 0 Å². The van der Waals surface area contributed by atoms with E-state index in [2.05, 4.69) is 24.1 Å². The summed E-state index contributed by atoms with van der Waals surface area (Å²) >= 11 is 5.13. The summed E-state index contributed by atoms with van der Waals surface area (Å²) in [6, 6.07) is 7.91. The Morgan fingerprint density at radius 2 is 2.10 bits per heavy atom. The second-order valence-corrected chi connectivity index (χ2v) is 5.81. The summed E-state index contributed by atoms with van der Waals surface area (Å²) in [5.74, 6) is 0. The quantitative estimate of drug-likeness (QED) is 0.829. The van der Waals surface area contributed by atoms with Crippen molar-refractivity contribution in [1.29, 1.82) is 0 Å². The maximum atomic E-state index is 5.82. The number of nitrogens with zero attached hydrogens (tertiary/aromatic N) is 1. The van der Waals surface area contributed by atoms with Crippen molar-refractivity contribution in [2.24, 2.45) is 5.73 Å². The molecule has 0 bridgehead atoms. The number of pyridine rings is 1. The van der Waals surface area contributed by atoms with Gasteiger partial charge in [0.15, 0.2) is 0 Å². The van der Waals surface area contributed by atoms with Gasteiger partial charge in [-0.1, -0.05) is 30.4 Å². The predicted octanol–water partition coefficient (Wildman–Crippen LogP) is 2.71. The minimum atomic E-state index is -0.238. The van der Waals surface area contributed by atoms with Gasteiger partial charge < -0.3 is 15.8 Å². The predicted molar refractivity (Wildman–Crippen MR) is 87.2 cm³/mol. The van der Waals surface area contributed by atoms with Crippen LogP contribution in [0.3, 0.4) is 0 Å². The Balaban J connectivity index is 2.58. The molecule has 1 heterocycles. The Bertz CT molecular complexity index is 640. The molecule has 5 heteroatoms. The molecule has 0 atom stereocenters. The van der Waals surface area contributed by atoms with Crippen LogP contribution in [0.25, 0.3) is 10.9 Å². The van der Waals surface area contributed by atoms with Gasteiger partial charge in [-0.05, 0) is 19.9 Å². The molecule has 0 fully saturated rings. The summed E-state index contributed by atoms with van der Waals surface area (Å²) in [4.78, 5) is 4.73. The Labute approximate surface area is 124 Å². The van der Waals surface area contributed by atoms with Gasteiger partial charge in [-0.15, -0.1) is 0 Å². The van der Waals surface area contributed by atoms with Gasteiger partial charge in [-0.3, -0.25) is 4.98 Å². The average molecular weight is 289 g/mol. The SMILES string of the molecule is COCC(C)(C)Nc1c(C(N)=S)cnc2ccccc12. The largest absolute Gasteiger partial charge is 0.389 e. The van der Waals surface area contributed by atoms with E-state index in [9.17, 15) is 0 Å². The van der Waals surface area contributed by atoms with E-state index in [-0.39, 0.29) is 5.54 Å². The van der Waals surface area contributed by atoms with Gasteiger partial charge >= 0.3 is 0 Å². The summed E-state index contributed by atoms with van der Waals surface area (Å²) in [7, 11) is 1.68. The fourth-order valence-corrected chi connectivity index (χ4v) is 2.35. The van der Waals surface area contributed by atoms with E-state index in [1.165, 1.54) is 0 Å². The van der Waals surface area contributed by atoms with Gasteiger partial charge in [0.2, 0.25) is 0 Å². The molecule has 0 radical (unpaired) electrons. The van der Waals surface area contributed by atoms with Gasteiger partial charge in [-0.25, -0.2) is 0 Å². The first kappa shape index (κ1) is 14.7. The first-order valence-electron chi connectivity index (χ1n) is 6.39. The number of aromatic nitrogens is 1. The van der Waals surface area contributed by atoms with E-state index < -0.39 is 0 Å². The van der Waals surface area contributed by atoms with Gasteiger partial charge in [-0.2, -0.15) is 0 Å². The lowest BCUT2D eigenvalue weighted by Crippen LogP contribution is -2.36. The van der Waals surface area contributed by atoms with Crippen molar-refractivity contribution in [2.75, 3.05) is 19.0 Å². The van der Waals surface area contributed by atoms with Crippen LogP contribution in [0.4, 0.5) is 5.69 Å². The number of fused-ring (bicyclic) bond motifs is 1. The Kier molecular flexibility index (Phi) is 4.20. The van der Waals surface area contributed by atoms with Gasteiger partial charge in [0, 0.05) is 18.7 Å². The highest BCUT2D eigenvalue weighted by atomic mass is 32.1. The van der Waals surface area contributed by atoms with Gasteiger partial charge in [0.05, 0.1) is 28.9 Å². The van der Waals surface area contributed by atoms with E-state index in [0.29, 0.717) is 11.6 Å². The molecule has 106 valence electrons. The van der Waals surface area contributed by atoms with E-state index in [4.69, 9.17) is 22.7 Å². The third-order valence-corrected chi connectivity index (χ3v) is 3.23. The fourth-order valence-electron chi connectivity index (χ4n) is 2.20. The molecule has 1 aromatic heterocycles. The molecule has 0 aliphatic rings. The van der Waals surface area contributed by atoms with Crippen molar-refractivity contribution < 1.29 is 4.74 Å². The van der Waals surface area contributed by atoms with E-state index in [0.717, 1.165) is 22.2 Å². The van der Waals surface area contributed by atoms with Crippen LogP contribution in [0.5, 0.6) is 0 Å². The highest BCUT2D eigenvalue weighted by Crippen LogP contribution is 2.28. The molecule has 20 heavy (non-hydrogen) atoms. The third kappa shape index (κ3) is 3.05. The lowest BCUT2D eigenvalue weighted by Gasteiger charge is -2.28. The van der Waals surface area contributed by atoms with Crippen LogP contribution < -0.4 is 11.1 Å². The molecule has 1 aromatic carbocycles. The lowest BCUT2D eigenvalue weighted by atomic mass is 10.0. The number of thiocarbonyl (C=S) groups is 1. The summed E-state index contributed by atoms with van der Waals surface area (Å²) in [5.41, 5.74) is 8.15. The number of anilines is 1. The highest BCUT2D eigenvalue weighted by molar-refractivity contribution is 7.80. The molecular formula is C15H19N3OS. The molecule has 0 spiro atoms. The van der Waals surface area contributed by atoms with Crippen LogP contribution in [0, 0.1) is 0 Å². The average Bonchev–Trinajstić information content (AvgIpc) is 2.38. The van der Waals surface area contributed by atoms with Crippen molar-refractivity contribution in [3.8, 4) is 0 Å². The molecule has 0 saturated carbocycles. The maximum Gasteiger partial charge on any atom is 0.107 e. The number of methoxy groups -OCH3 is 1. The standard InChI is InChI=1S/C15H19N3OS/c1-15(2,9-19-3)18-13-10-6-4-5-7-12(10)17-8-11(13)14(16)20/h4-8H,9H2,1-3H3,(H2,16,20)(H,17,18). The van der Waals surface area contributed by atoms with Crippen LogP contribution in [0.15, 0.2) is 30.5 Å². The number of benzene rings is 1. The number of hydrogen-bond acceptors (Lipinski definition) is 4. The van der Waals surface area contributed by atoms with Crippen molar-refractivity contribution in [2.45, 2.75) is 19.4 Å². The van der Waals surface area contributed by atoms with E-state index in [1.807, 2.05) is 24.3 Å². The monoisotopic (exact) mass is 289 g/mol. The summed E-state index contributed by atoms with van der Waals surface area (Å²) in [6.45, 7) is 4.70. The molecule has 0 aliphatic heterocycles. The second kappa shape index (κ2) is 5.73. The van der Waals surface area contributed by atoms with Gasteiger partial charge in [0.25, 0.3) is 0 Å². The lowest BCUT2D eigenvalue weighted by molar-refractivity contribution is 0.158. The summed E-state index contributed by atoms with van der Waals surface area (Å²) in [5, 5.41) is 4.48. The van der Waals surface area contributed by atoms with Crippen molar-refractivity contribution in [1.82, 2.24) is 4.98 Å². The van der Waals surface area contributed by atoms with E-state index >= 15 is 0 Å². The van der Waals surface area contributed by atoms with Crippen LogP contribution in [-0.4, -0.2) is 29.2 Å². The highest BCUT2D eigenvalue weighted by Gasteiger charge is 2.21. The Morgan fingerprint density at radius 3 is 2.75 bits per heavy atom. The zero-order chi connectivity index (χ0) is 14.8. The molecule has 2 rings (SSSR count). The summed E-state index contributed by atoms with van der Waals surface area (Å²) < 4.78 is 5.25. The topological polar surface area (TPSA) is 60.2 Å². The van der Waals surface area contributed by atoms with Crippen LogP contribution in [0.1, 0.15) is 19.4 Å². The number of nitrogens with one attached hydrogen (secondary N) is 1. The zero-order valence-corrected chi connectivity index (χ0v) is 12.8. The van der Waals surface area contributed by atoms with Gasteiger partial charge in [0.1, 0.15) is 4.99 Å². The summed E-state index contributed by atoms with van der Waals surface area (Å²) in [6.07, 6.45) is 1.72. The van der Waals surface area contributed by atoms with Crippen molar-refractivity contribution >= 4 is 33.8 Å². The molecular weight excluding hydrogens is 270 g/mol. The Morgan fingerprint density at radius 1 is 1.40 bits per heavy atom. The number of nitrogens with two attached hydrogens (primary N) is 1. The normalized spacial score (nSPS) is 11.6. The second-order valence-electron chi connectivity index (χ2n) is 5.37. The molecule has 2 aromatic rings. The fraction of sp³-hybridized carbons (Fsp3) is 0.333. The first-order chi connectivity index (χ1) is 9.44. The minimum Gasteiger partial charge on any atom is -0.389 e. The van der Waals surface area contributed by atoms with Crippen LogP contribution >= 0.6 is 12.2 Å². The first-order valence-corrected chi connectivity index (χ1v) is 6.80. The smallest absolute Gasteiger partial charge is 0.107 e. The number of rotatable bonds is 5. The number of ether oxygens (including phenoxy) is 1.